The quantitative estimate of drug-likeness (QED) is 0.270. The van der Waals surface area contributed by atoms with Gasteiger partial charge >= 0.3 is 0 Å². The van der Waals surface area contributed by atoms with Crippen molar-refractivity contribution in [2.45, 2.75) is 36.9 Å². The molecule has 41 heavy (non-hydrogen) atoms. The van der Waals surface area contributed by atoms with Crippen LogP contribution < -0.4 is 16.0 Å². The van der Waals surface area contributed by atoms with E-state index in [0.29, 0.717) is 54.3 Å². The molecule has 0 fully saturated rings. The standard InChI is InChI=1S/C28H23Cl3N6O2S2/c1-28(2)10-19-23(20(38)11-28)22(14-5-3-6-15(29)9-14)16(12-32)25(33)37(19)26-35-36-27(41-26)40-13-21(39)34-24-17(30)7-4-8-18(24)31/h3-9,22H,10-11,13,33H2,1-2H3,(H,34,39). The van der Waals surface area contributed by atoms with E-state index in [1.807, 2.05) is 19.9 Å². The number of para-hydroxylation sites is 1. The highest BCUT2D eigenvalue weighted by Crippen LogP contribution is 2.51. The summed E-state index contributed by atoms with van der Waals surface area (Å²) < 4.78 is 0.507. The molecule has 1 aromatic heterocycles. The number of halogens is 3. The number of anilines is 2. The Morgan fingerprint density at radius 1 is 1.20 bits per heavy atom. The Labute approximate surface area is 260 Å². The third-order valence-corrected chi connectivity index (χ3v) is 9.61. The van der Waals surface area contributed by atoms with Crippen LogP contribution in [0, 0.1) is 16.7 Å². The zero-order chi connectivity index (χ0) is 29.5. The van der Waals surface area contributed by atoms with Gasteiger partial charge in [0.05, 0.1) is 39.0 Å². The number of thioether (sulfide) groups is 1. The minimum absolute atomic E-state index is 0.0290. The number of aromatic nitrogens is 2. The van der Waals surface area contributed by atoms with Crippen LogP contribution in [0.4, 0.5) is 10.8 Å². The lowest BCUT2D eigenvalue weighted by atomic mass is 9.69. The topological polar surface area (TPSA) is 125 Å². The molecule has 0 saturated carbocycles. The number of hydrogen-bond donors (Lipinski definition) is 2. The molecule has 0 spiro atoms. The number of benzene rings is 2. The Kier molecular flexibility index (Phi) is 8.37. The summed E-state index contributed by atoms with van der Waals surface area (Å²) in [4.78, 5) is 27.9. The molecule has 2 heterocycles. The average molecular weight is 646 g/mol. The summed E-state index contributed by atoms with van der Waals surface area (Å²) in [5, 5.41) is 23.1. The molecule has 8 nitrogen and oxygen atoms in total. The Bertz CT molecular complexity index is 1660. The van der Waals surface area contributed by atoms with Crippen LogP contribution >= 0.6 is 57.9 Å². The van der Waals surface area contributed by atoms with Crippen LogP contribution in [0.15, 0.2) is 69.5 Å². The van der Waals surface area contributed by atoms with Crippen molar-refractivity contribution in [1.29, 1.82) is 5.26 Å². The number of nitrogens with zero attached hydrogens (tertiary/aromatic N) is 4. The van der Waals surface area contributed by atoms with E-state index >= 15 is 0 Å². The van der Waals surface area contributed by atoms with Gasteiger partial charge in [-0.2, -0.15) is 5.26 Å². The number of nitrogens with one attached hydrogen (secondary N) is 1. The monoisotopic (exact) mass is 644 g/mol. The van der Waals surface area contributed by atoms with Gasteiger partial charge in [-0.25, -0.2) is 0 Å². The molecule has 0 radical (unpaired) electrons. The first-order valence-corrected chi connectivity index (χ1v) is 15.3. The van der Waals surface area contributed by atoms with Gasteiger partial charge in [0.25, 0.3) is 0 Å². The number of nitrogens with two attached hydrogens (primary N) is 1. The van der Waals surface area contributed by atoms with E-state index in [4.69, 9.17) is 40.5 Å². The van der Waals surface area contributed by atoms with Gasteiger partial charge in [-0.05, 0) is 41.7 Å². The number of ketones is 1. The highest BCUT2D eigenvalue weighted by atomic mass is 35.5. The third kappa shape index (κ3) is 5.96. The zero-order valence-electron chi connectivity index (χ0n) is 21.9. The number of allylic oxidation sites excluding steroid dienone is 3. The van der Waals surface area contributed by atoms with E-state index in [9.17, 15) is 14.9 Å². The molecule has 1 unspecified atom stereocenters. The van der Waals surface area contributed by atoms with Crippen molar-refractivity contribution < 1.29 is 9.59 Å². The van der Waals surface area contributed by atoms with Gasteiger partial charge in [-0.3, -0.25) is 14.5 Å². The van der Waals surface area contributed by atoms with Gasteiger partial charge < -0.3 is 11.1 Å². The molecule has 1 atom stereocenters. The Balaban J connectivity index is 1.47. The van der Waals surface area contributed by atoms with Crippen LogP contribution in [0.2, 0.25) is 15.1 Å². The van der Waals surface area contributed by atoms with E-state index in [1.165, 1.54) is 23.1 Å². The molecule has 13 heteroatoms. The molecule has 2 aliphatic rings. The van der Waals surface area contributed by atoms with E-state index in [-0.39, 0.29) is 34.3 Å². The van der Waals surface area contributed by atoms with Gasteiger partial charge in [0.15, 0.2) is 10.1 Å². The fourth-order valence-electron chi connectivity index (χ4n) is 5.02. The average Bonchev–Trinajstić information content (AvgIpc) is 3.37. The highest BCUT2D eigenvalue weighted by Gasteiger charge is 2.45. The van der Waals surface area contributed by atoms with Gasteiger partial charge in [-0.15, -0.1) is 10.2 Å². The van der Waals surface area contributed by atoms with Crippen LogP contribution in [0.5, 0.6) is 0 Å². The van der Waals surface area contributed by atoms with E-state index in [2.05, 4.69) is 21.6 Å². The molecule has 3 N–H and O–H groups in total. The molecule has 1 aliphatic carbocycles. The van der Waals surface area contributed by atoms with Crippen molar-refractivity contribution in [2.75, 3.05) is 16.0 Å². The Hall–Kier alpha value is -3.07. The summed E-state index contributed by atoms with van der Waals surface area (Å²) in [5.74, 6) is -0.807. The number of carbonyl (C=O) groups excluding carboxylic acids is 2. The number of hydrogen-bond acceptors (Lipinski definition) is 9. The predicted molar refractivity (Wildman–Crippen MR) is 164 cm³/mol. The van der Waals surface area contributed by atoms with Crippen LogP contribution in [0.3, 0.4) is 0 Å². The summed E-state index contributed by atoms with van der Waals surface area (Å²) in [6.45, 7) is 4.04. The van der Waals surface area contributed by atoms with Crippen molar-refractivity contribution in [3.63, 3.8) is 0 Å². The molecule has 210 valence electrons. The summed E-state index contributed by atoms with van der Waals surface area (Å²) in [6, 6.07) is 14.3. The number of rotatable bonds is 6. The second kappa shape index (κ2) is 11.7. The van der Waals surface area contributed by atoms with Gasteiger partial charge in [0, 0.05) is 22.7 Å². The maximum absolute atomic E-state index is 13.6. The minimum Gasteiger partial charge on any atom is -0.384 e. The van der Waals surface area contributed by atoms with E-state index < -0.39 is 5.92 Å². The number of Topliss-reactive ketones (excluding diaryl/α,β-unsaturated/α-hetero) is 1. The molecule has 1 amide bonds. The highest BCUT2D eigenvalue weighted by molar-refractivity contribution is 8.01. The van der Waals surface area contributed by atoms with Gasteiger partial charge in [0.2, 0.25) is 11.0 Å². The van der Waals surface area contributed by atoms with E-state index in [0.717, 1.165) is 5.56 Å². The Morgan fingerprint density at radius 3 is 2.59 bits per heavy atom. The van der Waals surface area contributed by atoms with Crippen molar-refractivity contribution >= 4 is 80.4 Å². The molecular weight excluding hydrogens is 623 g/mol. The fraction of sp³-hybridized carbons (Fsp3) is 0.250. The summed E-state index contributed by atoms with van der Waals surface area (Å²) >= 11 is 21.0. The minimum atomic E-state index is -0.643. The fourth-order valence-corrected chi connectivity index (χ4v) is 7.39. The van der Waals surface area contributed by atoms with Crippen molar-refractivity contribution in [3.8, 4) is 6.07 Å². The third-order valence-electron chi connectivity index (χ3n) is 6.70. The second-order valence-corrected chi connectivity index (χ2v) is 13.7. The van der Waals surface area contributed by atoms with Gasteiger partial charge in [0.1, 0.15) is 5.82 Å². The normalized spacial score (nSPS) is 18.3. The summed E-state index contributed by atoms with van der Waals surface area (Å²) in [6.07, 6.45) is 0.866. The zero-order valence-corrected chi connectivity index (χ0v) is 25.8. The summed E-state index contributed by atoms with van der Waals surface area (Å²) in [7, 11) is 0. The van der Waals surface area contributed by atoms with E-state index in [1.54, 1.807) is 41.3 Å². The molecule has 5 rings (SSSR count). The Morgan fingerprint density at radius 2 is 1.90 bits per heavy atom. The lowest BCUT2D eigenvalue weighted by Gasteiger charge is -2.42. The molecule has 0 saturated heterocycles. The summed E-state index contributed by atoms with van der Waals surface area (Å²) in [5.41, 5.74) is 8.82. The molecule has 3 aromatic rings. The first-order valence-electron chi connectivity index (χ1n) is 12.4. The lowest BCUT2D eigenvalue weighted by Crippen LogP contribution is -2.42. The molecule has 0 bridgehead atoms. The predicted octanol–water partition coefficient (Wildman–Crippen LogP) is 7.17. The largest absolute Gasteiger partial charge is 0.384 e. The van der Waals surface area contributed by atoms with Crippen molar-refractivity contribution in [1.82, 2.24) is 10.2 Å². The number of amides is 1. The van der Waals surface area contributed by atoms with Crippen LogP contribution in [-0.4, -0.2) is 27.6 Å². The lowest BCUT2D eigenvalue weighted by molar-refractivity contribution is -0.118. The van der Waals surface area contributed by atoms with Crippen molar-refractivity contribution in [2.24, 2.45) is 11.1 Å². The maximum Gasteiger partial charge on any atom is 0.234 e. The van der Waals surface area contributed by atoms with Crippen LogP contribution in [-0.2, 0) is 9.59 Å². The first kappa shape index (κ1) is 29.4. The maximum atomic E-state index is 13.6. The smallest absolute Gasteiger partial charge is 0.234 e. The SMILES string of the molecule is CC1(C)CC(=O)C2=C(C1)N(c1nnc(SCC(=O)Nc3c(Cl)cccc3Cl)s1)C(N)=C(C#N)C2c1cccc(Cl)c1. The second-order valence-electron chi connectivity index (χ2n) is 10.3. The first-order chi connectivity index (χ1) is 19.5. The van der Waals surface area contributed by atoms with Gasteiger partial charge in [-0.1, -0.05) is 89.9 Å². The molecule has 2 aromatic carbocycles. The number of carbonyl (C=O) groups is 2. The molecule has 1 aliphatic heterocycles. The number of nitriles is 1. The van der Waals surface area contributed by atoms with Crippen molar-refractivity contribution in [3.05, 3.63) is 85.8 Å². The van der Waals surface area contributed by atoms with Crippen LogP contribution in [0.25, 0.3) is 0 Å². The molecular formula is C28H23Cl3N6O2S2. The van der Waals surface area contributed by atoms with Crippen LogP contribution in [0.1, 0.15) is 38.2 Å².